The highest BCUT2D eigenvalue weighted by Gasteiger charge is 2.34. The Hall–Kier alpha value is -1.34. The second-order valence-corrected chi connectivity index (χ2v) is 4.75. The van der Waals surface area contributed by atoms with Gasteiger partial charge in [-0.1, -0.05) is 6.92 Å². The molecular formula is C13H26N2O5. The number of carbonyl (C=O) groups is 2. The molecule has 0 aliphatic heterocycles. The van der Waals surface area contributed by atoms with Gasteiger partial charge in [0.2, 0.25) is 0 Å². The first-order chi connectivity index (χ1) is 9.41. The minimum absolute atomic E-state index is 0.310. The summed E-state index contributed by atoms with van der Waals surface area (Å²) in [5.74, 6) is -1.04. The third kappa shape index (κ3) is 6.21. The number of carboxylic acid groups (broad SMARTS) is 1. The molecule has 0 bridgehead atoms. The third-order valence-corrected chi connectivity index (χ3v) is 3.19. The monoisotopic (exact) mass is 290 g/mol. The summed E-state index contributed by atoms with van der Waals surface area (Å²) in [6, 6.07) is -0.398. The lowest BCUT2D eigenvalue weighted by Gasteiger charge is -2.30. The molecule has 0 aromatic carbocycles. The van der Waals surface area contributed by atoms with Gasteiger partial charge in [-0.3, -0.25) is 0 Å². The average Bonchev–Trinajstić information content (AvgIpc) is 2.42. The van der Waals surface area contributed by atoms with Crippen molar-refractivity contribution in [1.82, 2.24) is 10.2 Å². The topological polar surface area (TPSA) is 88.1 Å². The van der Waals surface area contributed by atoms with Crippen molar-refractivity contribution in [2.24, 2.45) is 0 Å². The number of hydrogen-bond donors (Lipinski definition) is 2. The van der Waals surface area contributed by atoms with Crippen molar-refractivity contribution in [2.75, 3.05) is 40.5 Å². The highest BCUT2D eigenvalue weighted by atomic mass is 16.5. The molecule has 0 rings (SSSR count). The normalized spacial score (nSPS) is 13.6. The van der Waals surface area contributed by atoms with E-state index >= 15 is 0 Å². The lowest BCUT2D eigenvalue weighted by atomic mass is 10.00. The molecule has 0 saturated carbocycles. The molecule has 0 fully saturated rings. The summed E-state index contributed by atoms with van der Waals surface area (Å²) in [4.78, 5) is 24.9. The van der Waals surface area contributed by atoms with Crippen LogP contribution in [-0.2, 0) is 14.3 Å². The number of carbonyl (C=O) groups excluding carboxylic acids is 1. The van der Waals surface area contributed by atoms with Crippen LogP contribution in [0.3, 0.4) is 0 Å². The van der Waals surface area contributed by atoms with Gasteiger partial charge in [0.05, 0.1) is 6.61 Å². The van der Waals surface area contributed by atoms with Crippen LogP contribution >= 0.6 is 0 Å². The summed E-state index contributed by atoms with van der Waals surface area (Å²) >= 11 is 0. The van der Waals surface area contributed by atoms with E-state index in [0.29, 0.717) is 39.1 Å². The Morgan fingerprint density at radius 2 is 1.80 bits per heavy atom. The summed E-state index contributed by atoms with van der Waals surface area (Å²) in [5, 5.41) is 11.7. The number of rotatable bonds is 10. The van der Waals surface area contributed by atoms with Gasteiger partial charge in [0.15, 0.2) is 0 Å². The molecule has 7 heteroatoms. The molecule has 20 heavy (non-hydrogen) atoms. The fourth-order valence-corrected chi connectivity index (χ4v) is 1.52. The Morgan fingerprint density at radius 1 is 1.20 bits per heavy atom. The number of nitrogens with zero attached hydrogens (tertiary/aromatic N) is 1. The summed E-state index contributed by atoms with van der Waals surface area (Å²) in [7, 11) is 3.15. The lowest BCUT2D eigenvalue weighted by molar-refractivity contribution is -0.143. The predicted molar refractivity (Wildman–Crippen MR) is 74.8 cm³/mol. The quantitative estimate of drug-likeness (QED) is 0.584. The molecule has 1 atom stereocenters. The highest BCUT2D eigenvalue weighted by Crippen LogP contribution is 2.10. The van der Waals surface area contributed by atoms with Gasteiger partial charge in [-0.05, 0) is 19.8 Å². The summed E-state index contributed by atoms with van der Waals surface area (Å²) in [5.41, 5.74) is -1.26. The average molecular weight is 290 g/mol. The van der Waals surface area contributed by atoms with Crippen molar-refractivity contribution in [3.63, 3.8) is 0 Å². The zero-order chi connectivity index (χ0) is 15.6. The third-order valence-electron chi connectivity index (χ3n) is 3.19. The molecule has 2 N–H and O–H groups in total. The van der Waals surface area contributed by atoms with Crippen molar-refractivity contribution in [3.8, 4) is 0 Å². The van der Waals surface area contributed by atoms with Gasteiger partial charge in [-0.15, -0.1) is 0 Å². The van der Waals surface area contributed by atoms with Gasteiger partial charge in [-0.25, -0.2) is 9.59 Å². The molecule has 0 spiro atoms. The van der Waals surface area contributed by atoms with Crippen LogP contribution < -0.4 is 5.32 Å². The van der Waals surface area contributed by atoms with Crippen LogP contribution in [0.25, 0.3) is 0 Å². The Kier molecular flexibility index (Phi) is 8.91. The van der Waals surface area contributed by atoms with Crippen molar-refractivity contribution in [1.29, 1.82) is 0 Å². The van der Waals surface area contributed by atoms with Crippen LogP contribution in [0.1, 0.15) is 26.7 Å². The molecule has 1 unspecified atom stereocenters. The Balaban J connectivity index is 4.62. The maximum Gasteiger partial charge on any atom is 0.329 e. The van der Waals surface area contributed by atoms with E-state index in [1.54, 1.807) is 26.0 Å². The summed E-state index contributed by atoms with van der Waals surface area (Å²) in [6.07, 6.45) is 0.994. The fourth-order valence-electron chi connectivity index (χ4n) is 1.52. The molecule has 0 aliphatic carbocycles. The second-order valence-electron chi connectivity index (χ2n) is 4.75. The van der Waals surface area contributed by atoms with E-state index in [2.05, 4.69) is 5.32 Å². The van der Waals surface area contributed by atoms with E-state index in [1.165, 1.54) is 6.92 Å². The molecule has 0 aromatic heterocycles. The van der Waals surface area contributed by atoms with Gasteiger partial charge in [-0.2, -0.15) is 0 Å². The number of methoxy groups -OCH3 is 2. The number of carboxylic acids is 1. The SMILES string of the molecule is CCC(C)(NC(=O)N(CCCOC)CCOC)C(=O)O. The largest absolute Gasteiger partial charge is 0.480 e. The van der Waals surface area contributed by atoms with Crippen LogP contribution in [0.5, 0.6) is 0 Å². The van der Waals surface area contributed by atoms with Gasteiger partial charge in [0, 0.05) is 33.9 Å². The zero-order valence-corrected chi connectivity index (χ0v) is 12.8. The maximum atomic E-state index is 12.2. The van der Waals surface area contributed by atoms with Gasteiger partial charge >= 0.3 is 12.0 Å². The molecule has 0 aromatic rings. The first kappa shape index (κ1) is 18.7. The molecule has 0 heterocycles. The van der Waals surface area contributed by atoms with Crippen LogP contribution in [-0.4, -0.2) is 68.1 Å². The number of aliphatic carboxylic acids is 1. The Bertz CT molecular complexity index is 311. The fraction of sp³-hybridized carbons (Fsp3) is 0.846. The van der Waals surface area contributed by atoms with E-state index in [9.17, 15) is 14.7 Å². The lowest BCUT2D eigenvalue weighted by Crippen LogP contribution is -2.56. The van der Waals surface area contributed by atoms with Gasteiger partial charge in [0.25, 0.3) is 0 Å². The minimum Gasteiger partial charge on any atom is -0.480 e. The molecule has 0 radical (unpaired) electrons. The summed E-state index contributed by atoms with van der Waals surface area (Å²) in [6.45, 7) is 5.06. The highest BCUT2D eigenvalue weighted by molar-refractivity contribution is 5.85. The van der Waals surface area contributed by atoms with E-state index in [-0.39, 0.29) is 0 Å². The number of hydrogen-bond acceptors (Lipinski definition) is 4. The second kappa shape index (κ2) is 9.55. The van der Waals surface area contributed by atoms with Crippen LogP contribution in [0.2, 0.25) is 0 Å². The Labute approximate surface area is 120 Å². The first-order valence-corrected chi connectivity index (χ1v) is 6.69. The van der Waals surface area contributed by atoms with Crippen molar-refractivity contribution >= 4 is 12.0 Å². The molecule has 7 nitrogen and oxygen atoms in total. The number of urea groups is 1. The van der Waals surface area contributed by atoms with Crippen molar-refractivity contribution in [2.45, 2.75) is 32.2 Å². The Morgan fingerprint density at radius 3 is 2.25 bits per heavy atom. The molecular weight excluding hydrogens is 264 g/mol. The molecule has 0 aliphatic rings. The van der Waals surface area contributed by atoms with E-state index < -0.39 is 17.5 Å². The van der Waals surface area contributed by atoms with Crippen LogP contribution in [0, 0.1) is 0 Å². The van der Waals surface area contributed by atoms with E-state index in [0.717, 1.165) is 0 Å². The zero-order valence-electron chi connectivity index (χ0n) is 12.8. The van der Waals surface area contributed by atoms with Crippen molar-refractivity contribution in [3.05, 3.63) is 0 Å². The van der Waals surface area contributed by atoms with Crippen molar-refractivity contribution < 1.29 is 24.2 Å². The first-order valence-electron chi connectivity index (χ1n) is 6.69. The van der Waals surface area contributed by atoms with Gasteiger partial charge < -0.3 is 24.8 Å². The smallest absolute Gasteiger partial charge is 0.329 e. The van der Waals surface area contributed by atoms with Crippen LogP contribution in [0.4, 0.5) is 4.79 Å². The predicted octanol–water partition coefficient (Wildman–Crippen LogP) is 0.934. The molecule has 2 amide bonds. The number of nitrogens with one attached hydrogen (secondary N) is 1. The minimum atomic E-state index is -1.26. The van der Waals surface area contributed by atoms with E-state index in [1.807, 2.05) is 0 Å². The van der Waals surface area contributed by atoms with Crippen LogP contribution in [0.15, 0.2) is 0 Å². The summed E-state index contributed by atoms with van der Waals surface area (Å²) < 4.78 is 9.92. The number of ether oxygens (including phenoxy) is 2. The standard InChI is InChI=1S/C13H26N2O5/c1-5-13(2,11(16)17)14-12(18)15(8-10-20-4)7-6-9-19-3/h5-10H2,1-4H3,(H,14,18)(H,16,17). The number of amides is 2. The van der Waals surface area contributed by atoms with E-state index in [4.69, 9.17) is 9.47 Å². The molecule has 0 saturated heterocycles. The maximum absolute atomic E-state index is 12.2. The molecule has 118 valence electrons. The van der Waals surface area contributed by atoms with Gasteiger partial charge in [0.1, 0.15) is 5.54 Å².